The van der Waals surface area contributed by atoms with Gasteiger partial charge in [0.1, 0.15) is 12.8 Å². The van der Waals surface area contributed by atoms with E-state index in [0.717, 1.165) is 18.4 Å². The summed E-state index contributed by atoms with van der Waals surface area (Å²) in [5, 5.41) is 2.69. The Morgan fingerprint density at radius 3 is 2.42 bits per heavy atom. The van der Waals surface area contributed by atoms with E-state index in [1.807, 2.05) is 30.3 Å². The predicted molar refractivity (Wildman–Crippen MR) is 90.1 cm³/mol. The normalized spacial score (nSPS) is 20.0. The Balaban J connectivity index is 1.63. The van der Waals surface area contributed by atoms with E-state index < -0.39 is 12.3 Å². The van der Waals surface area contributed by atoms with Crippen LogP contribution in [0.25, 0.3) is 0 Å². The SMILES string of the molecule is O=C(N[C@H]([C@H](Br)C1CC1)N1C(=O)CCC1=O)OCc1ccccc1. The summed E-state index contributed by atoms with van der Waals surface area (Å²) in [4.78, 5) is 37.2. The first kappa shape index (κ1) is 17.0. The zero-order chi connectivity index (χ0) is 17.1. The van der Waals surface area contributed by atoms with Crippen molar-refractivity contribution in [3.63, 3.8) is 0 Å². The molecule has 0 bridgehead atoms. The number of halogens is 1. The van der Waals surface area contributed by atoms with E-state index >= 15 is 0 Å². The van der Waals surface area contributed by atoms with E-state index in [0.29, 0.717) is 5.92 Å². The van der Waals surface area contributed by atoms with Crippen LogP contribution >= 0.6 is 15.9 Å². The van der Waals surface area contributed by atoms with Crippen LogP contribution in [0.4, 0.5) is 4.79 Å². The van der Waals surface area contributed by atoms with Crippen molar-refractivity contribution in [2.75, 3.05) is 0 Å². The number of hydrogen-bond donors (Lipinski definition) is 1. The highest BCUT2D eigenvalue weighted by Crippen LogP contribution is 2.39. The molecule has 0 aromatic heterocycles. The molecule has 2 atom stereocenters. The molecule has 1 aliphatic carbocycles. The summed E-state index contributed by atoms with van der Waals surface area (Å²) in [5.41, 5.74) is 0.870. The van der Waals surface area contributed by atoms with Crippen LogP contribution in [-0.4, -0.2) is 33.8 Å². The number of imide groups is 1. The van der Waals surface area contributed by atoms with Crippen molar-refractivity contribution in [2.45, 2.75) is 43.3 Å². The molecule has 1 heterocycles. The van der Waals surface area contributed by atoms with Crippen LogP contribution in [0, 0.1) is 5.92 Å². The van der Waals surface area contributed by atoms with E-state index in [2.05, 4.69) is 21.2 Å². The number of benzene rings is 1. The van der Waals surface area contributed by atoms with E-state index in [1.54, 1.807) is 0 Å². The summed E-state index contributed by atoms with van der Waals surface area (Å²) in [6.07, 6.45) is 1.08. The van der Waals surface area contributed by atoms with Crippen molar-refractivity contribution in [3.05, 3.63) is 35.9 Å². The Morgan fingerprint density at radius 2 is 1.83 bits per heavy atom. The molecule has 1 saturated carbocycles. The number of carbonyl (C=O) groups excluding carboxylic acids is 3. The molecular weight excluding hydrogens is 376 g/mol. The molecule has 1 aromatic carbocycles. The van der Waals surface area contributed by atoms with E-state index in [-0.39, 0.29) is 36.1 Å². The van der Waals surface area contributed by atoms with Gasteiger partial charge in [0, 0.05) is 12.8 Å². The first-order valence-corrected chi connectivity index (χ1v) is 8.94. The number of alkyl carbamates (subject to hydrolysis) is 1. The summed E-state index contributed by atoms with van der Waals surface area (Å²) in [6.45, 7) is 0.137. The molecule has 128 valence electrons. The minimum absolute atomic E-state index is 0.137. The Hall–Kier alpha value is -1.89. The maximum absolute atomic E-state index is 12.1. The summed E-state index contributed by atoms with van der Waals surface area (Å²) >= 11 is 3.54. The van der Waals surface area contributed by atoms with Crippen molar-refractivity contribution in [3.8, 4) is 0 Å². The van der Waals surface area contributed by atoms with Crippen LogP contribution in [-0.2, 0) is 20.9 Å². The quantitative estimate of drug-likeness (QED) is 0.594. The van der Waals surface area contributed by atoms with Crippen LogP contribution in [0.3, 0.4) is 0 Å². The van der Waals surface area contributed by atoms with Gasteiger partial charge in [-0.3, -0.25) is 19.8 Å². The Morgan fingerprint density at radius 1 is 1.21 bits per heavy atom. The third kappa shape index (κ3) is 3.95. The van der Waals surface area contributed by atoms with Crippen molar-refractivity contribution >= 4 is 33.8 Å². The van der Waals surface area contributed by atoms with Crippen LogP contribution in [0.15, 0.2) is 30.3 Å². The van der Waals surface area contributed by atoms with Gasteiger partial charge in [-0.15, -0.1) is 0 Å². The van der Waals surface area contributed by atoms with Gasteiger partial charge < -0.3 is 4.74 Å². The zero-order valence-electron chi connectivity index (χ0n) is 13.1. The molecule has 2 aliphatic rings. The maximum atomic E-state index is 12.1. The molecule has 0 unspecified atom stereocenters. The first-order valence-electron chi connectivity index (χ1n) is 8.02. The lowest BCUT2D eigenvalue weighted by molar-refractivity contribution is -0.141. The topological polar surface area (TPSA) is 75.7 Å². The molecule has 1 saturated heterocycles. The van der Waals surface area contributed by atoms with Crippen LogP contribution < -0.4 is 5.32 Å². The number of hydrogen-bond acceptors (Lipinski definition) is 4. The molecule has 1 N–H and O–H groups in total. The van der Waals surface area contributed by atoms with Gasteiger partial charge >= 0.3 is 6.09 Å². The Kier molecular flexibility index (Phi) is 5.18. The minimum atomic E-state index is -0.705. The lowest BCUT2D eigenvalue weighted by Crippen LogP contribution is -2.55. The highest BCUT2D eigenvalue weighted by atomic mass is 79.9. The third-order valence-corrected chi connectivity index (χ3v) is 5.47. The van der Waals surface area contributed by atoms with Gasteiger partial charge in [-0.25, -0.2) is 4.79 Å². The lowest BCUT2D eigenvalue weighted by atomic mass is 10.2. The highest BCUT2D eigenvalue weighted by Gasteiger charge is 2.44. The van der Waals surface area contributed by atoms with Gasteiger partial charge in [0.05, 0.1) is 4.83 Å². The lowest BCUT2D eigenvalue weighted by Gasteiger charge is -2.30. The highest BCUT2D eigenvalue weighted by molar-refractivity contribution is 9.09. The number of nitrogens with zero attached hydrogens (tertiary/aromatic N) is 1. The van der Waals surface area contributed by atoms with Crippen molar-refractivity contribution in [2.24, 2.45) is 5.92 Å². The number of rotatable bonds is 6. The molecule has 7 heteroatoms. The number of ether oxygens (including phenoxy) is 1. The van der Waals surface area contributed by atoms with Gasteiger partial charge in [0.15, 0.2) is 0 Å². The molecular formula is C17H19BrN2O4. The van der Waals surface area contributed by atoms with Crippen LogP contribution in [0.2, 0.25) is 0 Å². The number of amides is 3. The van der Waals surface area contributed by atoms with Crippen LogP contribution in [0.1, 0.15) is 31.2 Å². The first-order chi connectivity index (χ1) is 11.6. The van der Waals surface area contributed by atoms with Crippen molar-refractivity contribution in [1.29, 1.82) is 0 Å². The van der Waals surface area contributed by atoms with E-state index in [1.165, 1.54) is 4.90 Å². The number of nitrogens with one attached hydrogen (secondary N) is 1. The number of alkyl halides is 1. The molecule has 6 nitrogen and oxygen atoms in total. The fourth-order valence-corrected chi connectivity index (χ4v) is 3.65. The predicted octanol–water partition coefficient (Wildman–Crippen LogP) is 2.56. The molecule has 1 aliphatic heterocycles. The number of carbonyl (C=O) groups is 3. The third-order valence-electron chi connectivity index (χ3n) is 4.22. The molecule has 3 amide bonds. The van der Waals surface area contributed by atoms with Gasteiger partial charge in [-0.2, -0.15) is 0 Å². The number of likely N-dealkylation sites (tertiary alicyclic amines) is 1. The smallest absolute Gasteiger partial charge is 0.409 e. The molecule has 0 spiro atoms. The van der Waals surface area contributed by atoms with E-state index in [4.69, 9.17) is 4.74 Å². The fraction of sp³-hybridized carbons (Fsp3) is 0.471. The second-order valence-corrected chi connectivity index (χ2v) is 7.15. The Labute approximate surface area is 148 Å². The second kappa shape index (κ2) is 7.34. The van der Waals surface area contributed by atoms with Gasteiger partial charge in [-0.05, 0) is 24.3 Å². The average molecular weight is 395 g/mol. The minimum Gasteiger partial charge on any atom is -0.445 e. The summed E-state index contributed by atoms with van der Waals surface area (Å²) in [7, 11) is 0. The fourth-order valence-electron chi connectivity index (χ4n) is 2.75. The van der Waals surface area contributed by atoms with E-state index in [9.17, 15) is 14.4 Å². The average Bonchev–Trinajstić information content (AvgIpc) is 3.38. The van der Waals surface area contributed by atoms with Gasteiger partial charge in [-0.1, -0.05) is 46.3 Å². The molecule has 2 fully saturated rings. The van der Waals surface area contributed by atoms with Gasteiger partial charge in [0.2, 0.25) is 11.8 Å². The standard InChI is InChI=1S/C17H19BrN2O4/c18-15(12-6-7-12)16(20-13(21)8-9-14(20)22)19-17(23)24-10-11-4-2-1-3-5-11/h1-5,12,15-16H,6-10H2,(H,19,23)/t15-,16+/m1/s1. The van der Waals surface area contributed by atoms with Crippen molar-refractivity contribution < 1.29 is 19.1 Å². The molecule has 0 radical (unpaired) electrons. The maximum Gasteiger partial charge on any atom is 0.409 e. The monoisotopic (exact) mass is 394 g/mol. The summed E-state index contributed by atoms with van der Waals surface area (Å²) in [6, 6.07) is 9.33. The Bertz CT molecular complexity index is 617. The van der Waals surface area contributed by atoms with Gasteiger partial charge in [0.25, 0.3) is 0 Å². The molecule has 3 rings (SSSR count). The molecule has 1 aromatic rings. The zero-order valence-corrected chi connectivity index (χ0v) is 14.7. The second-order valence-electron chi connectivity index (χ2n) is 6.09. The summed E-state index contributed by atoms with van der Waals surface area (Å²) in [5.74, 6) is -0.150. The summed E-state index contributed by atoms with van der Waals surface area (Å²) < 4.78 is 5.22. The van der Waals surface area contributed by atoms with Crippen LogP contribution in [0.5, 0.6) is 0 Å². The van der Waals surface area contributed by atoms with Crippen molar-refractivity contribution in [1.82, 2.24) is 10.2 Å². The largest absolute Gasteiger partial charge is 0.445 e. The molecule has 24 heavy (non-hydrogen) atoms.